The Kier molecular flexibility index (Phi) is 6.62. The lowest BCUT2D eigenvalue weighted by molar-refractivity contribution is -0.116. The minimum Gasteiger partial charge on any atom is -0.508 e. The molecule has 0 aromatic heterocycles. The van der Waals surface area contributed by atoms with Crippen molar-refractivity contribution in [3.8, 4) is 5.75 Å². The molecule has 1 aromatic rings. The Hall–Kier alpha value is -1.77. The fourth-order valence-electron chi connectivity index (χ4n) is 1.58. The third-order valence-electron chi connectivity index (χ3n) is 2.65. The van der Waals surface area contributed by atoms with Crippen molar-refractivity contribution in [3.63, 3.8) is 0 Å². The highest BCUT2D eigenvalue weighted by molar-refractivity contribution is 5.91. The zero-order valence-electron chi connectivity index (χ0n) is 10.9. The zero-order valence-corrected chi connectivity index (χ0v) is 10.9. The summed E-state index contributed by atoms with van der Waals surface area (Å²) in [5.74, 6) is 0.159. The van der Waals surface area contributed by atoms with Gasteiger partial charge in [-0.25, -0.2) is 0 Å². The van der Waals surface area contributed by atoms with Gasteiger partial charge in [-0.05, 0) is 30.2 Å². The summed E-state index contributed by atoms with van der Waals surface area (Å²) in [7, 11) is 0. The van der Waals surface area contributed by atoms with Crippen molar-refractivity contribution in [1.82, 2.24) is 5.32 Å². The van der Waals surface area contributed by atoms with Crippen LogP contribution in [0.1, 0.15) is 38.2 Å². The summed E-state index contributed by atoms with van der Waals surface area (Å²) < 4.78 is 0. The van der Waals surface area contributed by atoms with E-state index < -0.39 is 0 Å². The van der Waals surface area contributed by atoms with Crippen LogP contribution in [0.15, 0.2) is 30.3 Å². The number of aromatic hydroxyl groups is 1. The second kappa shape index (κ2) is 8.34. The van der Waals surface area contributed by atoms with Gasteiger partial charge in [0.2, 0.25) is 5.91 Å². The van der Waals surface area contributed by atoms with E-state index in [1.54, 1.807) is 30.3 Å². The van der Waals surface area contributed by atoms with E-state index in [0.717, 1.165) is 18.5 Å². The van der Waals surface area contributed by atoms with Gasteiger partial charge in [0.25, 0.3) is 0 Å². The largest absolute Gasteiger partial charge is 0.508 e. The Labute approximate surface area is 109 Å². The number of benzene rings is 1. The number of hydrogen-bond donors (Lipinski definition) is 2. The zero-order chi connectivity index (χ0) is 13.2. The number of carbonyl (C=O) groups excluding carboxylic acids is 1. The molecule has 0 bridgehead atoms. The second-order valence-corrected chi connectivity index (χ2v) is 4.28. The molecule has 1 amide bonds. The molecule has 1 rings (SSSR count). The number of unbranched alkanes of at least 4 members (excludes halogenated alkanes) is 3. The van der Waals surface area contributed by atoms with E-state index in [2.05, 4.69) is 12.2 Å². The molecule has 0 saturated carbocycles. The van der Waals surface area contributed by atoms with E-state index in [1.165, 1.54) is 25.3 Å². The molecule has 0 fully saturated rings. The Bertz CT molecular complexity index is 382. The molecule has 0 heterocycles. The third-order valence-corrected chi connectivity index (χ3v) is 2.65. The molecule has 2 N–H and O–H groups in total. The van der Waals surface area contributed by atoms with Crippen LogP contribution in [0.3, 0.4) is 0 Å². The maximum Gasteiger partial charge on any atom is 0.243 e. The molecule has 0 saturated heterocycles. The summed E-state index contributed by atoms with van der Waals surface area (Å²) >= 11 is 0. The Morgan fingerprint density at radius 3 is 2.61 bits per heavy atom. The van der Waals surface area contributed by atoms with Gasteiger partial charge in [-0.1, -0.05) is 38.3 Å². The lowest BCUT2D eigenvalue weighted by Gasteiger charge is -2.01. The molecular weight excluding hydrogens is 226 g/mol. The minimum absolute atomic E-state index is 0.0698. The van der Waals surface area contributed by atoms with Crippen molar-refractivity contribution in [2.24, 2.45) is 0 Å². The molecule has 0 atom stereocenters. The molecule has 0 spiro atoms. The SMILES string of the molecule is CCCCCCNC(=O)C=Cc1ccc(O)cc1. The highest BCUT2D eigenvalue weighted by Crippen LogP contribution is 2.10. The average Bonchev–Trinajstić information content (AvgIpc) is 2.38. The second-order valence-electron chi connectivity index (χ2n) is 4.28. The lowest BCUT2D eigenvalue weighted by atomic mass is 10.2. The standard InChI is InChI=1S/C15H21NO2/c1-2-3-4-5-12-16-15(18)11-8-13-6-9-14(17)10-7-13/h6-11,17H,2-5,12H2,1H3,(H,16,18). The number of nitrogens with one attached hydrogen (secondary N) is 1. The van der Waals surface area contributed by atoms with E-state index in [-0.39, 0.29) is 11.7 Å². The van der Waals surface area contributed by atoms with Gasteiger partial charge in [-0.15, -0.1) is 0 Å². The molecule has 18 heavy (non-hydrogen) atoms. The van der Waals surface area contributed by atoms with Crippen molar-refractivity contribution in [2.75, 3.05) is 6.54 Å². The molecule has 3 nitrogen and oxygen atoms in total. The van der Waals surface area contributed by atoms with Gasteiger partial charge in [0.05, 0.1) is 0 Å². The monoisotopic (exact) mass is 247 g/mol. The smallest absolute Gasteiger partial charge is 0.243 e. The van der Waals surface area contributed by atoms with Crippen LogP contribution in [0.5, 0.6) is 5.75 Å². The number of carbonyl (C=O) groups is 1. The van der Waals surface area contributed by atoms with Crippen LogP contribution in [0.25, 0.3) is 6.08 Å². The fourth-order valence-corrected chi connectivity index (χ4v) is 1.58. The van der Waals surface area contributed by atoms with Gasteiger partial charge in [-0.2, -0.15) is 0 Å². The summed E-state index contributed by atoms with van der Waals surface area (Å²) in [5, 5.41) is 12.0. The molecule has 0 aliphatic rings. The Balaban J connectivity index is 2.25. The number of phenolic OH excluding ortho intramolecular Hbond substituents is 1. The van der Waals surface area contributed by atoms with Crippen LogP contribution >= 0.6 is 0 Å². The molecule has 98 valence electrons. The predicted octanol–water partition coefficient (Wildman–Crippen LogP) is 3.10. The van der Waals surface area contributed by atoms with Crippen LogP contribution in [-0.2, 0) is 4.79 Å². The van der Waals surface area contributed by atoms with Crippen LogP contribution in [-0.4, -0.2) is 17.6 Å². The first-order valence-corrected chi connectivity index (χ1v) is 6.47. The first-order valence-electron chi connectivity index (χ1n) is 6.47. The van der Waals surface area contributed by atoms with Crippen molar-refractivity contribution in [1.29, 1.82) is 0 Å². The molecule has 0 radical (unpaired) electrons. The number of phenols is 1. The van der Waals surface area contributed by atoms with Gasteiger partial charge in [0, 0.05) is 12.6 Å². The minimum atomic E-state index is -0.0698. The average molecular weight is 247 g/mol. The molecule has 0 unspecified atom stereocenters. The van der Waals surface area contributed by atoms with Crippen LogP contribution in [0.4, 0.5) is 0 Å². The van der Waals surface area contributed by atoms with Crippen molar-refractivity contribution < 1.29 is 9.90 Å². The number of amides is 1. The third kappa shape index (κ3) is 6.09. The van der Waals surface area contributed by atoms with Crippen molar-refractivity contribution in [3.05, 3.63) is 35.9 Å². The van der Waals surface area contributed by atoms with Crippen LogP contribution in [0, 0.1) is 0 Å². The lowest BCUT2D eigenvalue weighted by Crippen LogP contribution is -2.21. The fraction of sp³-hybridized carbons (Fsp3) is 0.400. The van der Waals surface area contributed by atoms with Gasteiger partial charge in [0.1, 0.15) is 5.75 Å². The van der Waals surface area contributed by atoms with E-state index in [0.29, 0.717) is 0 Å². The maximum atomic E-state index is 11.5. The first kappa shape index (κ1) is 14.3. The summed E-state index contributed by atoms with van der Waals surface area (Å²) in [5.41, 5.74) is 0.897. The molecule has 0 aliphatic carbocycles. The quantitative estimate of drug-likeness (QED) is 0.574. The van der Waals surface area contributed by atoms with Crippen LogP contribution < -0.4 is 5.32 Å². The molecular formula is C15H21NO2. The van der Waals surface area contributed by atoms with E-state index in [9.17, 15) is 4.79 Å². The van der Waals surface area contributed by atoms with Crippen molar-refractivity contribution >= 4 is 12.0 Å². The van der Waals surface area contributed by atoms with Gasteiger partial charge in [0.15, 0.2) is 0 Å². The summed E-state index contributed by atoms with van der Waals surface area (Å²) in [6.45, 7) is 2.90. The van der Waals surface area contributed by atoms with Gasteiger partial charge >= 0.3 is 0 Å². The highest BCUT2D eigenvalue weighted by Gasteiger charge is 1.95. The topological polar surface area (TPSA) is 49.3 Å². The number of hydrogen-bond acceptors (Lipinski definition) is 2. The first-order chi connectivity index (χ1) is 8.72. The molecule has 3 heteroatoms. The van der Waals surface area contributed by atoms with Crippen molar-refractivity contribution in [2.45, 2.75) is 32.6 Å². The normalized spacial score (nSPS) is 10.7. The number of rotatable bonds is 7. The Morgan fingerprint density at radius 2 is 1.94 bits per heavy atom. The van der Waals surface area contributed by atoms with E-state index in [1.807, 2.05) is 0 Å². The van der Waals surface area contributed by atoms with Crippen LogP contribution in [0.2, 0.25) is 0 Å². The Morgan fingerprint density at radius 1 is 1.22 bits per heavy atom. The van der Waals surface area contributed by atoms with Gasteiger partial charge in [-0.3, -0.25) is 4.79 Å². The summed E-state index contributed by atoms with van der Waals surface area (Å²) in [6, 6.07) is 6.73. The molecule has 0 aliphatic heterocycles. The van der Waals surface area contributed by atoms with Gasteiger partial charge < -0.3 is 10.4 Å². The summed E-state index contributed by atoms with van der Waals surface area (Å²) in [6.07, 6.45) is 7.88. The highest BCUT2D eigenvalue weighted by atomic mass is 16.3. The predicted molar refractivity (Wildman–Crippen MR) is 74.3 cm³/mol. The summed E-state index contributed by atoms with van der Waals surface area (Å²) in [4.78, 5) is 11.5. The van der Waals surface area contributed by atoms with E-state index in [4.69, 9.17) is 5.11 Å². The maximum absolute atomic E-state index is 11.5. The molecule has 1 aromatic carbocycles. The van der Waals surface area contributed by atoms with E-state index >= 15 is 0 Å².